The minimum absolute atomic E-state index is 0.0834. The molecule has 4 bridgehead atoms. The second-order valence-corrected chi connectivity index (χ2v) is 10.0. The smallest absolute Gasteiger partial charge is 0.316 e. The van der Waals surface area contributed by atoms with Crippen molar-refractivity contribution in [3.05, 3.63) is 29.4 Å². The van der Waals surface area contributed by atoms with Gasteiger partial charge in [0.1, 0.15) is 0 Å². The fourth-order valence-corrected chi connectivity index (χ4v) is 6.67. The molecule has 5 aliphatic carbocycles. The molecule has 174 valence electrons. The first-order valence-corrected chi connectivity index (χ1v) is 11.8. The number of amides is 1. The Kier molecular flexibility index (Phi) is 4.99. The van der Waals surface area contributed by atoms with Crippen LogP contribution in [0.4, 0.5) is 5.69 Å². The first kappa shape index (κ1) is 20.8. The van der Waals surface area contributed by atoms with Gasteiger partial charge in [0.05, 0.1) is 29.2 Å². The summed E-state index contributed by atoms with van der Waals surface area (Å²) >= 11 is 0. The number of nitrogens with one attached hydrogen (secondary N) is 2. The SMILES string of the molecule is COCCNC(=O)c1nc(-c2cnc3c(c2NC2[C@@H]4CC5C[C@H]2CC(O)(C5)C4)C=CC3)no1. The molecule has 9 heteroatoms. The maximum Gasteiger partial charge on any atom is 0.316 e. The number of pyridine rings is 1. The van der Waals surface area contributed by atoms with Gasteiger partial charge in [-0.2, -0.15) is 4.98 Å². The molecule has 3 N–H and O–H groups in total. The Labute approximate surface area is 192 Å². The van der Waals surface area contributed by atoms with Crippen LogP contribution in [0.3, 0.4) is 0 Å². The molecule has 2 heterocycles. The minimum Gasteiger partial charge on any atom is -0.390 e. The van der Waals surface area contributed by atoms with Crippen LogP contribution in [0, 0.1) is 17.8 Å². The van der Waals surface area contributed by atoms with E-state index in [9.17, 15) is 9.90 Å². The fraction of sp³-hybridized carbons (Fsp3) is 0.583. The van der Waals surface area contributed by atoms with Crippen molar-refractivity contribution in [2.45, 2.75) is 50.2 Å². The number of allylic oxidation sites excluding steroid dienone is 1. The lowest BCUT2D eigenvalue weighted by atomic mass is 9.52. The first-order chi connectivity index (χ1) is 16.0. The van der Waals surface area contributed by atoms with E-state index < -0.39 is 11.5 Å². The van der Waals surface area contributed by atoms with Crippen LogP contribution in [0.2, 0.25) is 0 Å². The van der Waals surface area contributed by atoms with E-state index in [1.165, 1.54) is 12.8 Å². The number of nitrogens with zero attached hydrogens (tertiary/aromatic N) is 3. The summed E-state index contributed by atoms with van der Waals surface area (Å²) in [6, 6.07) is 0.296. The Morgan fingerprint density at radius 3 is 2.88 bits per heavy atom. The van der Waals surface area contributed by atoms with Crippen molar-refractivity contribution in [1.82, 2.24) is 20.4 Å². The van der Waals surface area contributed by atoms with Crippen molar-refractivity contribution in [2.75, 3.05) is 25.6 Å². The Morgan fingerprint density at radius 1 is 1.30 bits per heavy atom. The molecule has 5 aliphatic rings. The third kappa shape index (κ3) is 3.63. The van der Waals surface area contributed by atoms with Crippen molar-refractivity contribution >= 4 is 17.7 Å². The number of aromatic nitrogens is 3. The summed E-state index contributed by atoms with van der Waals surface area (Å²) in [6.07, 6.45) is 11.8. The molecular weight excluding hydrogens is 422 g/mol. The van der Waals surface area contributed by atoms with Crippen LogP contribution < -0.4 is 10.6 Å². The highest BCUT2D eigenvalue weighted by Gasteiger charge is 2.54. The van der Waals surface area contributed by atoms with Crippen LogP contribution in [-0.2, 0) is 11.2 Å². The number of methoxy groups -OCH3 is 1. The average molecular weight is 452 g/mol. The standard InChI is InChI=1S/C24H29N5O4/c1-32-6-5-25-22(30)23-28-21(29-33-23)17-12-26-18-4-2-3-16(18)20(17)27-19-14-7-13-8-15(19)11-24(31,9-13)10-14/h2-3,12-15,19,31H,4-11H2,1H3,(H,25,30)(H,26,27)/t13?,14-,15+,19?,24?. The van der Waals surface area contributed by atoms with Gasteiger partial charge in [0.2, 0.25) is 5.82 Å². The highest BCUT2D eigenvalue weighted by Crippen LogP contribution is 2.56. The molecule has 0 saturated heterocycles. The minimum atomic E-state index is -0.476. The largest absolute Gasteiger partial charge is 0.390 e. The van der Waals surface area contributed by atoms with Crippen molar-refractivity contribution in [1.29, 1.82) is 0 Å². The molecule has 4 saturated carbocycles. The zero-order chi connectivity index (χ0) is 22.6. The highest BCUT2D eigenvalue weighted by atomic mass is 16.5. The molecule has 5 atom stereocenters. The van der Waals surface area contributed by atoms with E-state index in [1.54, 1.807) is 13.3 Å². The van der Waals surface area contributed by atoms with Gasteiger partial charge in [-0.05, 0) is 49.9 Å². The summed E-state index contributed by atoms with van der Waals surface area (Å²) in [5.74, 6) is 1.38. The van der Waals surface area contributed by atoms with Gasteiger partial charge < -0.3 is 25.0 Å². The Hall–Kier alpha value is -2.78. The Morgan fingerprint density at radius 2 is 2.12 bits per heavy atom. The lowest BCUT2D eigenvalue weighted by Crippen LogP contribution is -2.59. The Balaban J connectivity index is 1.31. The number of carbonyl (C=O) groups excluding carboxylic acids is 1. The number of hydrogen-bond acceptors (Lipinski definition) is 8. The van der Waals surface area contributed by atoms with Crippen LogP contribution in [0.1, 0.15) is 54.0 Å². The van der Waals surface area contributed by atoms with Crippen LogP contribution in [0.25, 0.3) is 17.5 Å². The summed E-state index contributed by atoms with van der Waals surface area (Å²) in [5.41, 5.74) is 3.27. The van der Waals surface area contributed by atoms with Gasteiger partial charge in [0.15, 0.2) is 0 Å². The van der Waals surface area contributed by atoms with Crippen LogP contribution >= 0.6 is 0 Å². The monoisotopic (exact) mass is 451 g/mol. The van der Waals surface area contributed by atoms with Gasteiger partial charge in [0, 0.05) is 37.9 Å². The van der Waals surface area contributed by atoms with E-state index in [0.717, 1.165) is 48.2 Å². The summed E-state index contributed by atoms with van der Waals surface area (Å²) in [6.45, 7) is 0.768. The molecule has 7 rings (SSSR count). The van der Waals surface area contributed by atoms with Gasteiger partial charge in [-0.25, -0.2) is 0 Å². The van der Waals surface area contributed by atoms with Crippen LogP contribution in [0.5, 0.6) is 0 Å². The number of aliphatic hydroxyl groups is 1. The maximum atomic E-state index is 12.3. The topological polar surface area (TPSA) is 122 Å². The van der Waals surface area contributed by atoms with Gasteiger partial charge in [-0.3, -0.25) is 9.78 Å². The molecule has 9 nitrogen and oxygen atoms in total. The van der Waals surface area contributed by atoms with Crippen LogP contribution in [0.15, 0.2) is 16.8 Å². The molecule has 1 amide bonds. The zero-order valence-electron chi connectivity index (χ0n) is 18.7. The predicted molar refractivity (Wildman–Crippen MR) is 120 cm³/mol. The van der Waals surface area contributed by atoms with E-state index >= 15 is 0 Å². The molecule has 0 spiro atoms. The van der Waals surface area contributed by atoms with Gasteiger partial charge in [-0.1, -0.05) is 17.3 Å². The normalized spacial score (nSPS) is 31.1. The number of carbonyl (C=O) groups is 1. The second-order valence-electron chi connectivity index (χ2n) is 10.0. The third-order valence-electron chi connectivity index (χ3n) is 7.80. The Bertz CT molecular complexity index is 1100. The summed E-state index contributed by atoms with van der Waals surface area (Å²) < 4.78 is 10.2. The number of fused-ring (bicyclic) bond motifs is 1. The molecule has 0 radical (unpaired) electrons. The van der Waals surface area contributed by atoms with Crippen molar-refractivity contribution < 1.29 is 19.2 Å². The predicted octanol–water partition coefficient (Wildman–Crippen LogP) is 2.43. The average Bonchev–Trinajstić information content (AvgIpc) is 3.45. The van der Waals surface area contributed by atoms with E-state index in [2.05, 4.69) is 37.9 Å². The van der Waals surface area contributed by atoms with E-state index in [-0.39, 0.29) is 5.89 Å². The van der Waals surface area contributed by atoms with Crippen molar-refractivity contribution in [2.24, 2.45) is 17.8 Å². The molecule has 4 fully saturated rings. The summed E-state index contributed by atoms with van der Waals surface area (Å²) in [7, 11) is 1.57. The van der Waals surface area contributed by atoms with E-state index in [1.807, 2.05) is 0 Å². The summed E-state index contributed by atoms with van der Waals surface area (Å²) in [4.78, 5) is 21.3. The molecular formula is C24H29N5O4. The fourth-order valence-electron chi connectivity index (χ4n) is 6.67. The maximum absolute atomic E-state index is 12.3. The van der Waals surface area contributed by atoms with Gasteiger partial charge in [-0.15, -0.1) is 0 Å². The lowest BCUT2D eigenvalue weighted by molar-refractivity contribution is -0.129. The van der Waals surface area contributed by atoms with Gasteiger partial charge >= 0.3 is 11.8 Å². The molecule has 0 aliphatic heterocycles. The van der Waals surface area contributed by atoms with E-state index in [4.69, 9.17) is 9.26 Å². The lowest BCUT2D eigenvalue weighted by Gasteiger charge is -2.58. The quantitative estimate of drug-likeness (QED) is 0.549. The van der Waals surface area contributed by atoms with Crippen molar-refractivity contribution in [3.8, 4) is 11.4 Å². The highest BCUT2D eigenvalue weighted by molar-refractivity contribution is 5.90. The molecule has 2 aromatic rings. The number of ether oxygens (including phenoxy) is 1. The molecule has 3 unspecified atom stereocenters. The second kappa shape index (κ2) is 7.92. The zero-order valence-corrected chi connectivity index (χ0v) is 18.7. The van der Waals surface area contributed by atoms with Crippen molar-refractivity contribution in [3.63, 3.8) is 0 Å². The number of rotatable bonds is 7. The number of anilines is 1. The molecule has 33 heavy (non-hydrogen) atoms. The molecule has 0 aromatic carbocycles. The van der Waals surface area contributed by atoms with Gasteiger partial charge in [0.25, 0.3) is 0 Å². The van der Waals surface area contributed by atoms with Crippen LogP contribution in [-0.4, -0.2) is 58.0 Å². The first-order valence-electron chi connectivity index (χ1n) is 11.8. The number of hydrogen-bond donors (Lipinski definition) is 3. The van der Waals surface area contributed by atoms with E-state index in [0.29, 0.717) is 42.8 Å². The third-order valence-corrected chi connectivity index (χ3v) is 7.80. The summed E-state index contributed by atoms with van der Waals surface area (Å²) in [5, 5.41) is 21.6. The molecule has 2 aromatic heterocycles.